The first-order valence-corrected chi connectivity index (χ1v) is 5.53. The molecule has 2 N–H and O–H groups in total. The summed E-state index contributed by atoms with van der Waals surface area (Å²) in [5.74, 6) is 0. The van der Waals surface area contributed by atoms with Gasteiger partial charge in [0.1, 0.15) is 4.90 Å². The van der Waals surface area contributed by atoms with E-state index in [0.29, 0.717) is 5.69 Å². The fourth-order valence-corrected chi connectivity index (χ4v) is 1.61. The lowest BCUT2D eigenvalue weighted by atomic mass is 10.3. The summed E-state index contributed by atoms with van der Waals surface area (Å²) in [5, 5.41) is 2.90. The molecule has 1 rings (SSSR count). The van der Waals surface area contributed by atoms with Crippen molar-refractivity contribution in [2.45, 2.75) is 24.8 Å². The summed E-state index contributed by atoms with van der Waals surface area (Å²) >= 11 is 0. The van der Waals surface area contributed by atoms with Gasteiger partial charge in [0, 0.05) is 12.2 Å². The average Bonchev–Trinajstić information content (AvgIpc) is 2.01. The van der Waals surface area contributed by atoms with Gasteiger partial charge in [-0.05, 0) is 19.9 Å². The Bertz CT molecular complexity index is 414. The summed E-state index contributed by atoms with van der Waals surface area (Å²) in [7, 11) is -4.20. The third-order valence-electron chi connectivity index (χ3n) is 1.51. The molecule has 78 valence electrons. The fourth-order valence-electron chi connectivity index (χ4n) is 1.02. The lowest BCUT2D eigenvalue weighted by Crippen LogP contribution is -2.13. The molecule has 1 aromatic heterocycles. The van der Waals surface area contributed by atoms with Gasteiger partial charge in [0.25, 0.3) is 10.1 Å². The Balaban J connectivity index is 3.17. The summed E-state index contributed by atoms with van der Waals surface area (Å²) in [6, 6.07) is 1.58. The van der Waals surface area contributed by atoms with Crippen molar-refractivity contribution >= 4 is 15.8 Å². The van der Waals surface area contributed by atoms with Crippen LogP contribution in [0, 0.1) is 0 Å². The van der Waals surface area contributed by atoms with Gasteiger partial charge in [-0.1, -0.05) is 0 Å². The standard InChI is InChI=1S/C8H12N2O3S/c1-6(2)10-7-3-4-9-5-8(7)14(11,12)13/h3-6H,1-2H3,(H,9,10)(H,11,12,13). The first kappa shape index (κ1) is 10.9. The van der Waals surface area contributed by atoms with Gasteiger partial charge < -0.3 is 5.32 Å². The van der Waals surface area contributed by atoms with Crippen molar-refractivity contribution in [3.63, 3.8) is 0 Å². The number of rotatable bonds is 3. The zero-order chi connectivity index (χ0) is 10.8. The molecule has 6 heteroatoms. The van der Waals surface area contributed by atoms with Crippen LogP contribution in [0.4, 0.5) is 5.69 Å². The third-order valence-corrected chi connectivity index (χ3v) is 2.39. The summed E-state index contributed by atoms with van der Waals surface area (Å²) < 4.78 is 30.7. The van der Waals surface area contributed by atoms with E-state index in [1.165, 1.54) is 12.3 Å². The van der Waals surface area contributed by atoms with Crippen molar-refractivity contribution in [3.8, 4) is 0 Å². The van der Waals surface area contributed by atoms with Crippen molar-refractivity contribution in [2.24, 2.45) is 0 Å². The number of pyridine rings is 1. The molecule has 0 saturated heterocycles. The molecule has 5 nitrogen and oxygen atoms in total. The van der Waals surface area contributed by atoms with Crippen molar-refractivity contribution in [1.29, 1.82) is 0 Å². The van der Waals surface area contributed by atoms with E-state index in [-0.39, 0.29) is 10.9 Å². The lowest BCUT2D eigenvalue weighted by molar-refractivity contribution is 0.483. The third kappa shape index (κ3) is 2.68. The van der Waals surface area contributed by atoms with Crippen LogP contribution in [0.5, 0.6) is 0 Å². The number of hydrogen-bond donors (Lipinski definition) is 2. The van der Waals surface area contributed by atoms with Crippen molar-refractivity contribution < 1.29 is 13.0 Å². The van der Waals surface area contributed by atoms with E-state index in [1.807, 2.05) is 13.8 Å². The Morgan fingerprint density at radius 2 is 2.14 bits per heavy atom. The second kappa shape index (κ2) is 3.93. The van der Waals surface area contributed by atoms with Gasteiger partial charge in [0.15, 0.2) is 0 Å². The SMILES string of the molecule is CC(C)Nc1ccncc1S(=O)(=O)O. The molecule has 0 aliphatic carbocycles. The predicted molar refractivity (Wildman–Crippen MR) is 52.8 cm³/mol. The van der Waals surface area contributed by atoms with Crippen molar-refractivity contribution in [1.82, 2.24) is 4.98 Å². The minimum Gasteiger partial charge on any atom is -0.382 e. The van der Waals surface area contributed by atoms with E-state index < -0.39 is 10.1 Å². The molecule has 0 radical (unpaired) electrons. The van der Waals surface area contributed by atoms with E-state index in [1.54, 1.807) is 0 Å². The van der Waals surface area contributed by atoms with E-state index in [9.17, 15) is 8.42 Å². The number of nitrogens with zero attached hydrogens (tertiary/aromatic N) is 1. The minimum atomic E-state index is -4.20. The minimum absolute atomic E-state index is 0.0814. The number of nitrogens with one attached hydrogen (secondary N) is 1. The Labute approximate surface area is 82.9 Å². The van der Waals surface area contributed by atoms with E-state index in [4.69, 9.17) is 4.55 Å². The predicted octanol–water partition coefficient (Wildman–Crippen LogP) is 1.15. The number of hydrogen-bond acceptors (Lipinski definition) is 4. The molecule has 0 aromatic carbocycles. The van der Waals surface area contributed by atoms with Gasteiger partial charge in [-0.25, -0.2) is 0 Å². The van der Waals surface area contributed by atoms with Crippen LogP contribution < -0.4 is 5.32 Å². The molecular formula is C8H12N2O3S. The molecule has 0 fully saturated rings. The molecule has 0 spiro atoms. The molecule has 1 aromatic rings. The second-order valence-corrected chi connectivity index (χ2v) is 4.54. The maximum atomic E-state index is 10.9. The average molecular weight is 216 g/mol. The first-order chi connectivity index (χ1) is 6.41. The van der Waals surface area contributed by atoms with Crippen LogP contribution in [0.2, 0.25) is 0 Å². The lowest BCUT2D eigenvalue weighted by Gasteiger charge is -2.11. The van der Waals surface area contributed by atoms with Crippen LogP contribution in [-0.2, 0) is 10.1 Å². The van der Waals surface area contributed by atoms with Gasteiger partial charge in [-0.2, -0.15) is 8.42 Å². The molecule has 14 heavy (non-hydrogen) atoms. The number of anilines is 1. The highest BCUT2D eigenvalue weighted by atomic mass is 32.2. The summed E-state index contributed by atoms with van der Waals surface area (Å²) in [6.45, 7) is 3.74. The molecule has 0 amide bonds. The molecule has 0 aliphatic heterocycles. The van der Waals surface area contributed by atoms with E-state index in [0.717, 1.165) is 6.20 Å². The Hall–Kier alpha value is -1.14. The maximum absolute atomic E-state index is 10.9. The van der Waals surface area contributed by atoms with Crippen LogP contribution >= 0.6 is 0 Å². The molecule has 1 heterocycles. The first-order valence-electron chi connectivity index (χ1n) is 4.09. The molecular weight excluding hydrogens is 204 g/mol. The molecule has 0 atom stereocenters. The highest BCUT2D eigenvalue weighted by Crippen LogP contribution is 2.19. The summed E-state index contributed by atoms with van der Waals surface area (Å²) in [5.41, 5.74) is 0.359. The molecule has 0 saturated carbocycles. The van der Waals surface area contributed by atoms with Gasteiger partial charge >= 0.3 is 0 Å². The van der Waals surface area contributed by atoms with Crippen LogP contribution in [-0.4, -0.2) is 24.0 Å². The largest absolute Gasteiger partial charge is 0.382 e. The van der Waals surface area contributed by atoms with Crippen LogP contribution in [0.1, 0.15) is 13.8 Å². The molecule has 0 unspecified atom stereocenters. The Kier molecular flexibility index (Phi) is 3.07. The zero-order valence-electron chi connectivity index (χ0n) is 7.93. The van der Waals surface area contributed by atoms with Gasteiger partial charge in [-0.15, -0.1) is 0 Å². The smallest absolute Gasteiger partial charge is 0.298 e. The topological polar surface area (TPSA) is 79.3 Å². The Morgan fingerprint density at radius 1 is 1.50 bits per heavy atom. The quantitative estimate of drug-likeness (QED) is 0.741. The molecule has 0 bridgehead atoms. The monoisotopic (exact) mass is 216 g/mol. The number of aromatic nitrogens is 1. The highest BCUT2D eigenvalue weighted by molar-refractivity contribution is 7.86. The van der Waals surface area contributed by atoms with Gasteiger partial charge in [-0.3, -0.25) is 9.54 Å². The molecule has 0 aliphatic rings. The van der Waals surface area contributed by atoms with Crippen molar-refractivity contribution in [3.05, 3.63) is 18.5 Å². The van der Waals surface area contributed by atoms with E-state index in [2.05, 4.69) is 10.3 Å². The zero-order valence-corrected chi connectivity index (χ0v) is 8.75. The van der Waals surface area contributed by atoms with Crippen molar-refractivity contribution in [2.75, 3.05) is 5.32 Å². The van der Waals surface area contributed by atoms with Crippen LogP contribution in [0.15, 0.2) is 23.4 Å². The summed E-state index contributed by atoms with van der Waals surface area (Å²) in [6.07, 6.45) is 2.57. The second-order valence-electron chi connectivity index (χ2n) is 3.15. The summed E-state index contributed by atoms with van der Waals surface area (Å²) in [4.78, 5) is 3.44. The van der Waals surface area contributed by atoms with Gasteiger partial charge in [0.05, 0.1) is 11.9 Å². The maximum Gasteiger partial charge on any atom is 0.298 e. The van der Waals surface area contributed by atoms with Crippen LogP contribution in [0.25, 0.3) is 0 Å². The fraction of sp³-hybridized carbons (Fsp3) is 0.375. The van der Waals surface area contributed by atoms with Crippen LogP contribution in [0.3, 0.4) is 0 Å². The Morgan fingerprint density at radius 3 is 2.64 bits per heavy atom. The van der Waals surface area contributed by atoms with E-state index >= 15 is 0 Å². The van der Waals surface area contributed by atoms with Gasteiger partial charge in [0.2, 0.25) is 0 Å². The normalized spacial score (nSPS) is 11.7. The highest BCUT2D eigenvalue weighted by Gasteiger charge is 2.15.